The van der Waals surface area contributed by atoms with Crippen LogP contribution in [0.2, 0.25) is 0 Å². The largest absolute Gasteiger partial charge is 0.475 e. The number of carbonyl (C=O) groups excluding carboxylic acids is 1. The van der Waals surface area contributed by atoms with E-state index in [0.717, 1.165) is 23.9 Å². The van der Waals surface area contributed by atoms with E-state index >= 15 is 0 Å². The predicted octanol–water partition coefficient (Wildman–Crippen LogP) is 1.78. The number of fused-ring (bicyclic) bond motifs is 2. The highest BCUT2D eigenvalue weighted by molar-refractivity contribution is 6.01. The summed E-state index contributed by atoms with van der Waals surface area (Å²) >= 11 is 0. The number of carbonyl (C=O) groups is 1. The van der Waals surface area contributed by atoms with E-state index in [4.69, 9.17) is 10.5 Å². The molecule has 1 aliphatic rings. The number of nitrogens with zero attached hydrogens (tertiary/aromatic N) is 4. The molecule has 152 valence electrons. The van der Waals surface area contributed by atoms with Gasteiger partial charge in [0.25, 0.3) is 5.91 Å². The van der Waals surface area contributed by atoms with E-state index in [2.05, 4.69) is 15.3 Å². The van der Waals surface area contributed by atoms with Crippen LogP contribution in [0.25, 0.3) is 22.4 Å². The molecule has 1 aromatic carbocycles. The first-order valence-corrected chi connectivity index (χ1v) is 9.87. The number of hydrogen-bond acceptors (Lipinski definition) is 6. The van der Waals surface area contributed by atoms with Gasteiger partial charge >= 0.3 is 5.69 Å². The van der Waals surface area contributed by atoms with Crippen LogP contribution in [0.4, 0.5) is 5.82 Å². The fourth-order valence-corrected chi connectivity index (χ4v) is 3.64. The lowest BCUT2D eigenvalue weighted by molar-refractivity contribution is 0.0957. The molecule has 9 nitrogen and oxygen atoms in total. The molecule has 0 atom stereocenters. The number of nitrogens with one attached hydrogen (secondary N) is 1. The topological polar surface area (TPSA) is 117 Å². The van der Waals surface area contributed by atoms with Gasteiger partial charge in [0.05, 0.1) is 17.6 Å². The van der Waals surface area contributed by atoms with Crippen molar-refractivity contribution in [2.24, 2.45) is 0 Å². The highest BCUT2D eigenvalue weighted by atomic mass is 16.5. The predicted molar refractivity (Wildman–Crippen MR) is 110 cm³/mol. The third-order valence-corrected chi connectivity index (χ3v) is 4.93. The first kappa shape index (κ1) is 19.0. The highest BCUT2D eigenvalue weighted by Gasteiger charge is 2.24. The lowest BCUT2D eigenvalue weighted by Crippen LogP contribution is -2.25. The van der Waals surface area contributed by atoms with Gasteiger partial charge in [-0.1, -0.05) is 13.8 Å². The number of benzene rings is 1. The van der Waals surface area contributed by atoms with E-state index in [1.165, 1.54) is 0 Å². The maximum atomic E-state index is 12.8. The van der Waals surface area contributed by atoms with Crippen molar-refractivity contribution in [2.45, 2.75) is 39.8 Å². The minimum Gasteiger partial charge on any atom is -0.475 e. The van der Waals surface area contributed by atoms with Crippen LogP contribution in [0, 0.1) is 0 Å². The molecule has 0 bridgehead atoms. The molecular formula is C20H24N6O3. The second kappa shape index (κ2) is 7.57. The van der Waals surface area contributed by atoms with Crippen molar-refractivity contribution in [1.29, 1.82) is 0 Å². The summed E-state index contributed by atoms with van der Waals surface area (Å²) in [5.74, 6) is 0.262. The summed E-state index contributed by atoms with van der Waals surface area (Å²) in [4.78, 5) is 33.8. The number of aromatic nitrogens is 4. The summed E-state index contributed by atoms with van der Waals surface area (Å²) in [6.45, 7) is 6.07. The second-order valence-corrected chi connectivity index (χ2v) is 7.01. The molecule has 1 amide bonds. The SMILES string of the molecule is CCCn1c(=O)n(CCC)c2cc(-c3nc(N)c4c(n3)OCCNC4=O)ccc21. The first-order chi connectivity index (χ1) is 14.0. The van der Waals surface area contributed by atoms with Crippen LogP contribution in [-0.4, -0.2) is 38.2 Å². The fourth-order valence-electron chi connectivity index (χ4n) is 3.64. The average molecular weight is 396 g/mol. The monoisotopic (exact) mass is 396 g/mol. The van der Waals surface area contributed by atoms with Crippen LogP contribution in [0.5, 0.6) is 5.88 Å². The van der Waals surface area contributed by atoms with E-state index < -0.39 is 0 Å². The molecule has 0 fully saturated rings. The van der Waals surface area contributed by atoms with E-state index in [9.17, 15) is 9.59 Å². The van der Waals surface area contributed by atoms with Gasteiger partial charge in [-0.2, -0.15) is 4.98 Å². The number of rotatable bonds is 5. The number of imidazole rings is 1. The Bertz CT molecular complexity index is 1150. The first-order valence-electron chi connectivity index (χ1n) is 9.87. The van der Waals surface area contributed by atoms with Gasteiger partial charge < -0.3 is 15.8 Å². The Morgan fingerprint density at radius 1 is 1.10 bits per heavy atom. The van der Waals surface area contributed by atoms with Crippen LogP contribution in [0.1, 0.15) is 37.0 Å². The Hall–Kier alpha value is -3.36. The van der Waals surface area contributed by atoms with Gasteiger partial charge in [-0.3, -0.25) is 13.9 Å². The molecule has 2 aromatic heterocycles. The standard InChI is InChI=1S/C20H24N6O3/c1-3-8-25-13-6-5-12(11-14(13)26(9-4-2)20(25)28)17-23-16(21)15-18(27)22-7-10-29-19(15)24-17/h5-6,11H,3-4,7-10H2,1-2H3,(H,22,27)(H2,21,23,24). The van der Waals surface area contributed by atoms with Crippen LogP contribution < -0.4 is 21.5 Å². The molecular weight excluding hydrogens is 372 g/mol. The number of ether oxygens (including phenoxy) is 1. The second-order valence-electron chi connectivity index (χ2n) is 7.01. The molecule has 0 saturated heterocycles. The maximum absolute atomic E-state index is 12.8. The van der Waals surface area contributed by atoms with Crippen molar-refractivity contribution in [3.63, 3.8) is 0 Å². The summed E-state index contributed by atoms with van der Waals surface area (Å²) in [7, 11) is 0. The fraction of sp³-hybridized carbons (Fsp3) is 0.400. The third kappa shape index (κ3) is 3.22. The Morgan fingerprint density at radius 3 is 2.55 bits per heavy atom. The molecule has 3 aromatic rings. The van der Waals surface area contributed by atoms with Crippen LogP contribution in [0.15, 0.2) is 23.0 Å². The summed E-state index contributed by atoms with van der Waals surface area (Å²) in [5, 5.41) is 2.70. The Kier molecular flexibility index (Phi) is 4.96. The maximum Gasteiger partial charge on any atom is 0.329 e. The zero-order chi connectivity index (χ0) is 20.5. The molecule has 0 spiro atoms. The van der Waals surface area contributed by atoms with Gasteiger partial charge in [0, 0.05) is 18.7 Å². The van der Waals surface area contributed by atoms with E-state index in [1.807, 2.05) is 32.0 Å². The lowest BCUT2D eigenvalue weighted by Gasteiger charge is -2.10. The van der Waals surface area contributed by atoms with Crippen molar-refractivity contribution in [3.05, 3.63) is 34.2 Å². The Morgan fingerprint density at radius 2 is 1.83 bits per heavy atom. The van der Waals surface area contributed by atoms with Crippen LogP contribution in [-0.2, 0) is 13.1 Å². The molecule has 4 rings (SSSR count). The number of nitrogen functional groups attached to an aromatic ring is 1. The highest BCUT2D eigenvalue weighted by Crippen LogP contribution is 2.28. The number of amides is 1. The lowest BCUT2D eigenvalue weighted by atomic mass is 10.1. The van der Waals surface area contributed by atoms with E-state index in [-0.39, 0.29) is 28.9 Å². The molecule has 0 aliphatic carbocycles. The summed E-state index contributed by atoms with van der Waals surface area (Å²) in [5.41, 5.74) is 8.61. The molecule has 1 aliphatic heterocycles. The Balaban J connectivity index is 1.88. The molecule has 0 unspecified atom stereocenters. The molecule has 0 radical (unpaired) electrons. The number of hydrogen-bond donors (Lipinski definition) is 2. The molecule has 9 heteroatoms. The van der Waals surface area contributed by atoms with E-state index in [1.54, 1.807) is 9.13 Å². The van der Waals surface area contributed by atoms with Crippen LogP contribution >= 0.6 is 0 Å². The normalized spacial score (nSPS) is 13.7. The summed E-state index contributed by atoms with van der Waals surface area (Å²) in [6.07, 6.45) is 1.72. The van der Waals surface area contributed by atoms with Crippen molar-refractivity contribution in [1.82, 2.24) is 24.4 Å². The molecule has 3 heterocycles. The molecule has 0 saturated carbocycles. The Labute approximate surface area is 167 Å². The summed E-state index contributed by atoms with van der Waals surface area (Å²) in [6, 6.07) is 5.67. The van der Waals surface area contributed by atoms with Gasteiger partial charge in [-0.15, -0.1) is 0 Å². The summed E-state index contributed by atoms with van der Waals surface area (Å²) < 4.78 is 9.18. The minimum atomic E-state index is -0.342. The van der Waals surface area contributed by atoms with Crippen molar-refractivity contribution < 1.29 is 9.53 Å². The van der Waals surface area contributed by atoms with Gasteiger partial charge in [0.2, 0.25) is 5.88 Å². The van der Waals surface area contributed by atoms with Gasteiger partial charge in [0.1, 0.15) is 18.0 Å². The minimum absolute atomic E-state index is 0.0109. The van der Waals surface area contributed by atoms with E-state index in [0.29, 0.717) is 37.6 Å². The molecule has 3 N–H and O–H groups in total. The van der Waals surface area contributed by atoms with Gasteiger partial charge in [0.15, 0.2) is 5.82 Å². The smallest absolute Gasteiger partial charge is 0.329 e. The number of anilines is 1. The average Bonchev–Trinajstić information content (AvgIpc) is 2.84. The zero-order valence-corrected chi connectivity index (χ0v) is 16.6. The third-order valence-electron chi connectivity index (χ3n) is 4.93. The van der Waals surface area contributed by atoms with Crippen LogP contribution in [0.3, 0.4) is 0 Å². The van der Waals surface area contributed by atoms with Crippen molar-refractivity contribution in [3.8, 4) is 17.3 Å². The van der Waals surface area contributed by atoms with Crippen molar-refractivity contribution in [2.75, 3.05) is 18.9 Å². The van der Waals surface area contributed by atoms with Crippen molar-refractivity contribution >= 4 is 22.8 Å². The van der Waals surface area contributed by atoms with Gasteiger partial charge in [-0.05, 0) is 31.0 Å². The van der Waals surface area contributed by atoms with Gasteiger partial charge in [-0.25, -0.2) is 9.78 Å². The quantitative estimate of drug-likeness (QED) is 0.679. The molecule has 29 heavy (non-hydrogen) atoms. The zero-order valence-electron chi connectivity index (χ0n) is 16.6. The number of aryl methyl sites for hydroxylation is 2. The number of nitrogens with two attached hydrogens (primary N) is 1.